The second-order valence-corrected chi connectivity index (χ2v) is 2.48. The molecule has 0 fully saturated rings. The fourth-order valence-electron chi connectivity index (χ4n) is 0.500. The van der Waals surface area contributed by atoms with Crippen molar-refractivity contribution in [1.82, 2.24) is 10.2 Å². The van der Waals surface area contributed by atoms with Gasteiger partial charge in [-0.1, -0.05) is 22.9 Å². The van der Waals surface area contributed by atoms with Gasteiger partial charge >= 0.3 is 22.4 Å². The SMILES string of the molecule is Cc1n[n-]c(C)c1Br.[Ag+]. The standard InChI is InChI=1S/C5H6BrN2.Ag/c1-3-5(6)4(2)8-7-3;/h1-2H3;/q-1;+1. The Morgan fingerprint density at radius 3 is 2.11 bits per heavy atom. The normalized spacial score (nSPS) is 8.78. The fraction of sp³-hybridized carbons (Fsp3) is 0.400. The van der Waals surface area contributed by atoms with Crippen molar-refractivity contribution < 1.29 is 22.4 Å². The predicted octanol–water partition coefficient (Wildman–Crippen LogP) is 1.42. The molecule has 0 radical (unpaired) electrons. The first-order chi connectivity index (χ1) is 3.72. The molecule has 4 heteroatoms. The molecule has 1 aromatic heterocycles. The summed E-state index contributed by atoms with van der Waals surface area (Å²) in [5, 5.41) is 7.64. The van der Waals surface area contributed by atoms with Crippen LogP contribution in [-0.4, -0.2) is 5.10 Å². The average molecular weight is 282 g/mol. The predicted molar refractivity (Wildman–Crippen MR) is 34.7 cm³/mol. The molecule has 54 valence electrons. The van der Waals surface area contributed by atoms with E-state index in [-0.39, 0.29) is 22.4 Å². The van der Waals surface area contributed by atoms with Crippen LogP contribution in [0.3, 0.4) is 0 Å². The van der Waals surface area contributed by atoms with E-state index >= 15 is 0 Å². The molecule has 0 aliphatic heterocycles. The molecule has 1 heterocycles. The van der Waals surface area contributed by atoms with Gasteiger partial charge in [0, 0.05) is 10.2 Å². The minimum absolute atomic E-state index is 0. The van der Waals surface area contributed by atoms with E-state index in [1.54, 1.807) is 0 Å². The zero-order valence-electron chi connectivity index (χ0n) is 5.07. The molecule has 0 saturated carbocycles. The third kappa shape index (κ3) is 1.93. The van der Waals surface area contributed by atoms with Crippen molar-refractivity contribution in [2.45, 2.75) is 13.8 Å². The first-order valence-electron chi connectivity index (χ1n) is 2.34. The van der Waals surface area contributed by atoms with Crippen molar-refractivity contribution in [1.29, 1.82) is 0 Å². The Morgan fingerprint density at radius 2 is 2.00 bits per heavy atom. The maximum absolute atomic E-state index is 3.82. The van der Waals surface area contributed by atoms with Gasteiger partial charge in [-0.2, -0.15) is 0 Å². The summed E-state index contributed by atoms with van der Waals surface area (Å²) in [6.07, 6.45) is 0. The topological polar surface area (TPSA) is 27.0 Å². The first kappa shape index (κ1) is 9.43. The van der Waals surface area contributed by atoms with Gasteiger partial charge in [0.05, 0.1) is 0 Å². The average Bonchev–Trinajstić information content (AvgIpc) is 1.98. The molecule has 0 N–H and O–H groups in total. The van der Waals surface area contributed by atoms with E-state index in [0.717, 1.165) is 15.9 Å². The monoisotopic (exact) mass is 280 g/mol. The van der Waals surface area contributed by atoms with E-state index in [9.17, 15) is 0 Å². The van der Waals surface area contributed by atoms with Crippen LogP contribution < -0.4 is 5.10 Å². The smallest absolute Gasteiger partial charge is 0.578 e. The number of hydrogen-bond acceptors (Lipinski definition) is 1. The zero-order valence-corrected chi connectivity index (χ0v) is 8.14. The second kappa shape index (κ2) is 3.56. The molecule has 0 aliphatic rings. The number of aryl methyl sites for hydroxylation is 2. The summed E-state index contributed by atoms with van der Waals surface area (Å²) in [5.74, 6) is 0. The zero-order chi connectivity index (χ0) is 6.15. The van der Waals surface area contributed by atoms with E-state index in [2.05, 4.69) is 26.1 Å². The Labute approximate surface area is 78.1 Å². The Morgan fingerprint density at radius 1 is 1.44 bits per heavy atom. The summed E-state index contributed by atoms with van der Waals surface area (Å²) < 4.78 is 1.03. The van der Waals surface area contributed by atoms with Gasteiger partial charge in [-0.05, 0) is 6.92 Å². The number of nitrogens with zero attached hydrogens (tertiary/aromatic N) is 2. The number of rotatable bonds is 0. The minimum Gasteiger partial charge on any atom is -0.578 e. The van der Waals surface area contributed by atoms with Crippen molar-refractivity contribution >= 4 is 15.9 Å². The molecule has 1 rings (SSSR count). The Balaban J connectivity index is 0.000000640. The van der Waals surface area contributed by atoms with E-state index < -0.39 is 0 Å². The Bertz CT molecular complexity index is 177. The third-order valence-electron chi connectivity index (χ3n) is 0.985. The number of halogens is 1. The molecule has 0 atom stereocenters. The van der Waals surface area contributed by atoms with E-state index in [1.165, 1.54) is 0 Å². The Kier molecular flexibility index (Phi) is 3.73. The summed E-state index contributed by atoms with van der Waals surface area (Å²) in [7, 11) is 0. The van der Waals surface area contributed by atoms with Gasteiger partial charge < -0.3 is 10.2 Å². The van der Waals surface area contributed by atoms with Gasteiger partial charge in [-0.25, -0.2) is 0 Å². The van der Waals surface area contributed by atoms with Crippen molar-refractivity contribution in [3.05, 3.63) is 15.9 Å². The van der Waals surface area contributed by atoms with Gasteiger partial charge in [0.1, 0.15) is 0 Å². The van der Waals surface area contributed by atoms with Crippen molar-refractivity contribution in [2.75, 3.05) is 0 Å². The molecule has 0 aliphatic carbocycles. The van der Waals surface area contributed by atoms with Crippen molar-refractivity contribution in [3.8, 4) is 0 Å². The van der Waals surface area contributed by atoms with Crippen LogP contribution in [0.4, 0.5) is 0 Å². The van der Waals surface area contributed by atoms with Crippen LogP contribution >= 0.6 is 15.9 Å². The molecule has 0 bridgehead atoms. The summed E-state index contributed by atoms with van der Waals surface area (Å²) in [4.78, 5) is 0. The molecule has 0 saturated heterocycles. The molecule has 0 spiro atoms. The minimum atomic E-state index is 0. The van der Waals surface area contributed by atoms with Gasteiger partial charge in [0.2, 0.25) is 0 Å². The number of hydrogen-bond donors (Lipinski definition) is 0. The van der Waals surface area contributed by atoms with E-state index in [4.69, 9.17) is 0 Å². The van der Waals surface area contributed by atoms with Crippen molar-refractivity contribution in [3.63, 3.8) is 0 Å². The Hall–Kier alpha value is 0.430. The number of aromatic nitrogens is 2. The van der Waals surface area contributed by atoms with Crippen LogP contribution in [0, 0.1) is 13.8 Å². The second-order valence-electron chi connectivity index (χ2n) is 1.68. The first-order valence-corrected chi connectivity index (χ1v) is 3.13. The molecule has 2 nitrogen and oxygen atoms in total. The van der Waals surface area contributed by atoms with Crippen LogP contribution in [0.1, 0.15) is 11.4 Å². The van der Waals surface area contributed by atoms with Crippen LogP contribution in [0.25, 0.3) is 0 Å². The van der Waals surface area contributed by atoms with E-state index in [0.29, 0.717) is 0 Å². The summed E-state index contributed by atoms with van der Waals surface area (Å²) in [6.45, 7) is 3.84. The quantitative estimate of drug-likeness (QED) is 0.673. The summed E-state index contributed by atoms with van der Waals surface area (Å²) >= 11 is 3.32. The molecule has 0 amide bonds. The maximum atomic E-state index is 3.82. The summed E-state index contributed by atoms with van der Waals surface area (Å²) in [6, 6.07) is 0. The van der Waals surface area contributed by atoms with Gasteiger partial charge in [0.25, 0.3) is 0 Å². The van der Waals surface area contributed by atoms with Crippen molar-refractivity contribution in [2.24, 2.45) is 0 Å². The van der Waals surface area contributed by atoms with Gasteiger partial charge in [-0.15, -0.1) is 5.69 Å². The molecular formula is C5H6AgBrN2. The molecule has 1 aromatic rings. The summed E-state index contributed by atoms with van der Waals surface area (Å²) in [5.41, 5.74) is 1.92. The molecule has 0 unspecified atom stereocenters. The van der Waals surface area contributed by atoms with Crippen LogP contribution in [0.5, 0.6) is 0 Å². The van der Waals surface area contributed by atoms with Crippen LogP contribution in [0.15, 0.2) is 4.47 Å². The fourth-order valence-corrected chi connectivity index (χ4v) is 0.658. The largest absolute Gasteiger partial charge is 1.00 e. The van der Waals surface area contributed by atoms with Gasteiger partial charge in [0.15, 0.2) is 0 Å². The van der Waals surface area contributed by atoms with E-state index in [1.807, 2.05) is 13.8 Å². The van der Waals surface area contributed by atoms with Gasteiger partial charge in [-0.3, -0.25) is 0 Å². The van der Waals surface area contributed by atoms with Crippen LogP contribution in [-0.2, 0) is 22.4 Å². The van der Waals surface area contributed by atoms with Crippen LogP contribution in [0.2, 0.25) is 0 Å². The molecular weight excluding hydrogens is 276 g/mol. The maximum Gasteiger partial charge on any atom is 1.00 e. The molecule has 9 heavy (non-hydrogen) atoms. The molecule has 0 aromatic carbocycles. The third-order valence-corrected chi connectivity index (χ3v) is 2.13.